The Kier molecular flexibility index (Phi) is 8.91. The summed E-state index contributed by atoms with van der Waals surface area (Å²) in [6.07, 6.45) is 4.85. The van der Waals surface area contributed by atoms with Gasteiger partial charge in [-0.15, -0.1) is 6.42 Å². The average Bonchev–Trinajstić information content (AvgIpc) is 3.44. The van der Waals surface area contributed by atoms with Gasteiger partial charge in [0.2, 0.25) is 17.7 Å². The van der Waals surface area contributed by atoms with Gasteiger partial charge in [-0.25, -0.2) is 4.79 Å². The zero-order valence-electron chi connectivity index (χ0n) is 21.3. The molecule has 35 heavy (non-hydrogen) atoms. The Morgan fingerprint density at radius 3 is 2.17 bits per heavy atom. The molecule has 1 fully saturated rings. The molecule has 0 heterocycles. The van der Waals surface area contributed by atoms with Crippen LogP contribution in [0, 0.1) is 18.3 Å². The molecule has 1 aromatic carbocycles. The Bertz CT molecular complexity index is 990. The van der Waals surface area contributed by atoms with Crippen LogP contribution in [-0.2, 0) is 19.1 Å². The van der Waals surface area contributed by atoms with Crippen LogP contribution < -0.4 is 16.4 Å². The number of amides is 4. The summed E-state index contributed by atoms with van der Waals surface area (Å²) in [7, 11) is 0. The van der Waals surface area contributed by atoms with Gasteiger partial charge in [0.15, 0.2) is 0 Å². The van der Waals surface area contributed by atoms with Gasteiger partial charge in [0.1, 0.15) is 17.7 Å². The summed E-state index contributed by atoms with van der Waals surface area (Å²) in [5, 5.41) is 5.35. The van der Waals surface area contributed by atoms with Gasteiger partial charge >= 0.3 is 6.09 Å². The normalized spacial score (nSPS) is 18.6. The lowest BCUT2D eigenvalue weighted by Crippen LogP contribution is -2.55. The molecule has 1 aromatic rings. The van der Waals surface area contributed by atoms with E-state index in [4.69, 9.17) is 16.9 Å². The van der Waals surface area contributed by atoms with E-state index >= 15 is 0 Å². The molecule has 1 aliphatic rings. The van der Waals surface area contributed by atoms with Crippen LogP contribution in [0.1, 0.15) is 71.6 Å². The summed E-state index contributed by atoms with van der Waals surface area (Å²) in [4.78, 5) is 53.0. The molecule has 1 aliphatic carbocycles. The van der Waals surface area contributed by atoms with Crippen LogP contribution in [-0.4, -0.2) is 52.4 Å². The lowest BCUT2D eigenvalue weighted by atomic mass is 10.00. The number of hydrogen-bond acceptors (Lipinski definition) is 5. The van der Waals surface area contributed by atoms with Gasteiger partial charge in [-0.3, -0.25) is 14.4 Å². The average molecular weight is 485 g/mol. The highest BCUT2D eigenvalue weighted by Crippen LogP contribution is 2.41. The number of carbonyl (C=O) groups excluding carboxylic acids is 4. The maximum Gasteiger partial charge on any atom is 0.408 e. The zero-order chi connectivity index (χ0) is 26.5. The van der Waals surface area contributed by atoms with E-state index in [1.165, 1.54) is 4.90 Å². The van der Waals surface area contributed by atoms with Crippen molar-refractivity contribution in [3.63, 3.8) is 0 Å². The van der Waals surface area contributed by atoms with Crippen molar-refractivity contribution < 1.29 is 23.9 Å². The van der Waals surface area contributed by atoms with Crippen molar-refractivity contribution in [2.75, 3.05) is 0 Å². The van der Waals surface area contributed by atoms with Gasteiger partial charge in [0.25, 0.3) is 0 Å². The largest absolute Gasteiger partial charge is 0.444 e. The molecular weight excluding hydrogens is 448 g/mol. The van der Waals surface area contributed by atoms with Crippen LogP contribution in [0.3, 0.4) is 0 Å². The van der Waals surface area contributed by atoms with Gasteiger partial charge in [0.05, 0.1) is 6.42 Å². The Balaban J connectivity index is 2.50. The lowest BCUT2D eigenvalue weighted by molar-refractivity contribution is -0.144. The quantitative estimate of drug-likeness (QED) is 0.463. The predicted molar refractivity (Wildman–Crippen MR) is 132 cm³/mol. The number of nitrogens with one attached hydrogen (secondary N) is 2. The molecule has 0 spiro atoms. The highest BCUT2D eigenvalue weighted by atomic mass is 16.6. The molecule has 4 amide bonds. The Morgan fingerprint density at radius 2 is 1.74 bits per heavy atom. The van der Waals surface area contributed by atoms with Gasteiger partial charge in [0, 0.05) is 17.6 Å². The van der Waals surface area contributed by atoms with Gasteiger partial charge in [-0.1, -0.05) is 25.0 Å². The number of carbonyl (C=O) groups is 4. The van der Waals surface area contributed by atoms with Gasteiger partial charge in [-0.2, -0.15) is 0 Å². The lowest BCUT2D eigenvalue weighted by Gasteiger charge is -2.35. The standard InChI is InChI=1S/C26H36N4O5/c1-8-17-9-11-18(12-10-17)22(23(32)28-15(2)3)30(20-13-16(20)4)24(33)19(14-21(27)31)29-25(34)35-26(5,6)7/h1,9-12,15-16,19-20,22H,13-14H2,2-7H3,(H2,27,31)(H,28,32)(H,29,34). The second kappa shape index (κ2) is 11.3. The molecule has 1 saturated carbocycles. The van der Waals surface area contributed by atoms with E-state index in [2.05, 4.69) is 16.6 Å². The molecule has 4 atom stereocenters. The topological polar surface area (TPSA) is 131 Å². The van der Waals surface area contributed by atoms with Crippen LogP contribution in [0.2, 0.25) is 0 Å². The summed E-state index contributed by atoms with van der Waals surface area (Å²) in [6, 6.07) is 4.08. The maximum atomic E-state index is 13.9. The summed E-state index contributed by atoms with van der Waals surface area (Å²) < 4.78 is 5.28. The van der Waals surface area contributed by atoms with E-state index in [-0.39, 0.29) is 23.9 Å². The number of terminal acetylenes is 1. The highest BCUT2D eigenvalue weighted by Gasteiger charge is 2.48. The molecule has 2 rings (SSSR count). The number of primary amides is 1. The molecule has 0 radical (unpaired) electrons. The number of nitrogens with zero attached hydrogens (tertiary/aromatic N) is 1. The van der Waals surface area contributed by atoms with Crippen molar-refractivity contribution in [3.8, 4) is 12.3 Å². The molecule has 0 bridgehead atoms. The van der Waals surface area contributed by atoms with Crippen molar-refractivity contribution in [1.82, 2.24) is 15.5 Å². The van der Waals surface area contributed by atoms with E-state index < -0.39 is 42.0 Å². The summed E-state index contributed by atoms with van der Waals surface area (Å²) in [6.45, 7) is 10.7. The highest BCUT2D eigenvalue weighted by molar-refractivity contribution is 5.95. The Labute approximate surface area is 207 Å². The first-order valence-corrected chi connectivity index (χ1v) is 11.7. The fraction of sp³-hybridized carbons (Fsp3) is 0.538. The summed E-state index contributed by atoms with van der Waals surface area (Å²) in [5.41, 5.74) is 5.78. The van der Waals surface area contributed by atoms with E-state index in [0.29, 0.717) is 17.5 Å². The molecule has 190 valence electrons. The minimum atomic E-state index is -1.30. The first-order chi connectivity index (χ1) is 16.2. The first kappa shape index (κ1) is 27.7. The molecule has 0 aliphatic heterocycles. The minimum Gasteiger partial charge on any atom is -0.444 e. The summed E-state index contributed by atoms with van der Waals surface area (Å²) >= 11 is 0. The van der Waals surface area contributed by atoms with Crippen molar-refractivity contribution in [3.05, 3.63) is 35.4 Å². The number of rotatable bonds is 9. The van der Waals surface area contributed by atoms with E-state index in [1.54, 1.807) is 45.0 Å². The smallest absolute Gasteiger partial charge is 0.408 e. The van der Waals surface area contributed by atoms with Crippen molar-refractivity contribution in [2.45, 2.75) is 84.2 Å². The third-order valence-electron chi connectivity index (χ3n) is 5.42. The van der Waals surface area contributed by atoms with E-state index in [0.717, 1.165) is 0 Å². The van der Waals surface area contributed by atoms with Crippen molar-refractivity contribution in [2.24, 2.45) is 11.7 Å². The molecule has 4 N–H and O–H groups in total. The number of nitrogens with two attached hydrogens (primary N) is 1. The second-order valence-electron chi connectivity index (χ2n) is 10.2. The third-order valence-corrected chi connectivity index (χ3v) is 5.42. The van der Waals surface area contributed by atoms with Gasteiger partial charge < -0.3 is 26.0 Å². The monoisotopic (exact) mass is 484 g/mol. The van der Waals surface area contributed by atoms with E-state index in [9.17, 15) is 19.2 Å². The van der Waals surface area contributed by atoms with Crippen LogP contribution in [0.25, 0.3) is 0 Å². The zero-order valence-corrected chi connectivity index (χ0v) is 21.3. The van der Waals surface area contributed by atoms with Crippen LogP contribution >= 0.6 is 0 Å². The van der Waals surface area contributed by atoms with Crippen molar-refractivity contribution in [1.29, 1.82) is 0 Å². The van der Waals surface area contributed by atoms with Crippen LogP contribution in [0.15, 0.2) is 24.3 Å². The van der Waals surface area contributed by atoms with Crippen LogP contribution in [0.4, 0.5) is 4.79 Å². The maximum absolute atomic E-state index is 13.9. The molecule has 9 nitrogen and oxygen atoms in total. The second-order valence-corrected chi connectivity index (χ2v) is 10.2. The fourth-order valence-electron chi connectivity index (χ4n) is 3.77. The molecule has 9 heteroatoms. The minimum absolute atomic E-state index is 0.133. The van der Waals surface area contributed by atoms with Crippen LogP contribution in [0.5, 0.6) is 0 Å². The molecule has 0 aromatic heterocycles. The molecule has 4 unspecified atom stereocenters. The van der Waals surface area contributed by atoms with E-state index in [1.807, 2.05) is 20.8 Å². The van der Waals surface area contributed by atoms with Gasteiger partial charge in [-0.05, 0) is 64.7 Å². The summed E-state index contributed by atoms with van der Waals surface area (Å²) in [5.74, 6) is 0.927. The number of benzene rings is 1. The molecule has 0 saturated heterocycles. The fourth-order valence-corrected chi connectivity index (χ4v) is 3.77. The molecular formula is C26H36N4O5. The number of ether oxygens (including phenoxy) is 1. The Morgan fingerprint density at radius 1 is 1.17 bits per heavy atom. The SMILES string of the molecule is C#Cc1ccc(C(C(=O)NC(C)C)N(C(=O)C(CC(N)=O)NC(=O)OC(C)(C)C)C2CC2C)cc1. The number of hydrogen-bond donors (Lipinski definition) is 3. The number of alkyl carbamates (subject to hydrolysis) is 1. The Hall–Kier alpha value is -3.54. The van der Waals surface area contributed by atoms with Crippen molar-refractivity contribution >= 4 is 23.8 Å². The predicted octanol–water partition coefficient (Wildman–Crippen LogP) is 2.24. The first-order valence-electron chi connectivity index (χ1n) is 11.7. The third kappa shape index (κ3) is 8.02.